The van der Waals surface area contributed by atoms with Crippen molar-refractivity contribution in [3.05, 3.63) is 47.9 Å². The summed E-state index contributed by atoms with van der Waals surface area (Å²) in [5, 5.41) is 0.311. The maximum atomic E-state index is 11.1. The monoisotopic (exact) mass is 176 g/mol. The highest BCUT2D eigenvalue weighted by molar-refractivity contribution is 6.97. The molecule has 1 rings (SSSR count). The van der Waals surface area contributed by atoms with Gasteiger partial charge in [-0.2, -0.15) is 0 Å². The van der Waals surface area contributed by atoms with Gasteiger partial charge < -0.3 is 4.79 Å². The molecule has 62 valence electrons. The third-order valence-electron chi connectivity index (χ3n) is 1.66. The van der Waals surface area contributed by atoms with E-state index in [-0.39, 0.29) is 0 Å². The van der Waals surface area contributed by atoms with Gasteiger partial charge in [0.1, 0.15) is 5.41 Å². The summed E-state index contributed by atoms with van der Waals surface area (Å²) in [6.45, 7) is 1.66. The van der Waals surface area contributed by atoms with E-state index >= 15 is 0 Å². The molecule has 0 bridgehead atoms. The zero-order chi connectivity index (χ0) is 8.81. The fraction of sp³-hybridized carbons (Fsp3) is 0.100. The molecule has 0 aromatic heterocycles. The van der Waals surface area contributed by atoms with Crippen molar-refractivity contribution in [2.24, 2.45) is 0 Å². The van der Waals surface area contributed by atoms with E-state index in [2.05, 4.69) is 0 Å². The van der Waals surface area contributed by atoms with E-state index < -0.39 is 8.80 Å². The third-order valence-corrected chi connectivity index (χ3v) is 3.87. The van der Waals surface area contributed by atoms with Crippen LogP contribution in [0.3, 0.4) is 0 Å². The molecule has 0 spiro atoms. The molecule has 0 radical (unpaired) electrons. The quantitative estimate of drug-likeness (QED) is 0.555. The van der Waals surface area contributed by atoms with Crippen LogP contribution in [0.4, 0.5) is 0 Å². The van der Waals surface area contributed by atoms with E-state index in [1.807, 2.05) is 47.9 Å². The lowest BCUT2D eigenvalue weighted by Gasteiger charge is -1.96. The van der Waals surface area contributed by atoms with E-state index in [1.165, 1.54) is 0 Å². The molecule has 0 atom stereocenters. The highest BCUT2D eigenvalue weighted by Gasteiger charge is 2.06. The second-order valence-electron chi connectivity index (χ2n) is 2.68. The SMILES string of the molecule is CC(=O)[SiH]1C=CC=CC=CC=C1. The first kappa shape index (κ1) is 8.94. The fourth-order valence-electron chi connectivity index (χ4n) is 0.959. The average molecular weight is 176 g/mol. The summed E-state index contributed by atoms with van der Waals surface area (Å²) in [6, 6.07) is 0. The molecule has 0 amide bonds. The minimum Gasteiger partial charge on any atom is -0.305 e. The van der Waals surface area contributed by atoms with Gasteiger partial charge in [0.05, 0.1) is 0 Å². The summed E-state index contributed by atoms with van der Waals surface area (Å²) in [5.41, 5.74) is 4.06. The Morgan fingerprint density at radius 1 is 0.917 bits per heavy atom. The van der Waals surface area contributed by atoms with Crippen LogP contribution in [0.15, 0.2) is 47.9 Å². The number of allylic oxidation sites excluding steroid dienone is 6. The molecule has 0 fully saturated rings. The predicted octanol–water partition coefficient (Wildman–Crippen LogP) is 1.66. The van der Waals surface area contributed by atoms with Crippen molar-refractivity contribution in [2.75, 3.05) is 0 Å². The number of carbonyl (C=O) groups is 1. The van der Waals surface area contributed by atoms with Gasteiger partial charge in [-0.1, -0.05) is 47.9 Å². The first-order valence-electron chi connectivity index (χ1n) is 3.99. The number of hydrogen-bond donors (Lipinski definition) is 0. The summed E-state index contributed by atoms with van der Waals surface area (Å²) in [5.74, 6) is 0. The van der Waals surface area contributed by atoms with Crippen LogP contribution in [0.1, 0.15) is 6.92 Å². The summed E-state index contributed by atoms with van der Waals surface area (Å²) in [4.78, 5) is 11.1. The van der Waals surface area contributed by atoms with Crippen molar-refractivity contribution in [1.29, 1.82) is 0 Å². The third kappa shape index (κ3) is 2.84. The molecule has 1 heterocycles. The number of hydrogen-bond acceptors (Lipinski definition) is 1. The van der Waals surface area contributed by atoms with Gasteiger partial charge in [-0.05, 0) is 6.92 Å². The summed E-state index contributed by atoms with van der Waals surface area (Å²) < 4.78 is 0. The Labute approximate surface area is 74.4 Å². The lowest BCUT2D eigenvalue weighted by Crippen LogP contribution is -2.17. The summed E-state index contributed by atoms with van der Waals surface area (Å²) in [7, 11) is -1.40. The molecule has 0 saturated carbocycles. The van der Waals surface area contributed by atoms with Crippen LogP contribution < -0.4 is 0 Å². The molecule has 1 nitrogen and oxygen atoms in total. The van der Waals surface area contributed by atoms with Crippen LogP contribution in [0.5, 0.6) is 0 Å². The van der Waals surface area contributed by atoms with Gasteiger partial charge in [0.2, 0.25) is 0 Å². The standard InChI is InChI=1S/C10H12OSi/c1-10(11)12-8-6-4-2-3-5-7-9-12/h2-9,12H,1H3. The van der Waals surface area contributed by atoms with Crippen LogP contribution >= 0.6 is 0 Å². The van der Waals surface area contributed by atoms with Gasteiger partial charge in [0, 0.05) is 0 Å². The van der Waals surface area contributed by atoms with E-state index in [9.17, 15) is 4.79 Å². The largest absolute Gasteiger partial charge is 0.305 e. The molecule has 0 aliphatic carbocycles. The minimum absolute atomic E-state index is 0.311. The van der Waals surface area contributed by atoms with E-state index in [1.54, 1.807) is 6.92 Å². The van der Waals surface area contributed by atoms with Crippen molar-refractivity contribution in [1.82, 2.24) is 0 Å². The van der Waals surface area contributed by atoms with E-state index in [0.717, 1.165) is 0 Å². The zero-order valence-electron chi connectivity index (χ0n) is 7.10. The van der Waals surface area contributed by atoms with Crippen LogP contribution in [-0.4, -0.2) is 14.2 Å². The van der Waals surface area contributed by atoms with Gasteiger partial charge in [-0.25, -0.2) is 0 Å². The van der Waals surface area contributed by atoms with Gasteiger partial charge in [0.25, 0.3) is 0 Å². The highest BCUT2D eigenvalue weighted by Crippen LogP contribution is 1.95. The molecule has 0 saturated heterocycles. The number of carbonyl (C=O) groups excluding carboxylic acids is 1. The molecular formula is C10H12OSi. The maximum absolute atomic E-state index is 11.1. The highest BCUT2D eigenvalue weighted by atomic mass is 28.3. The van der Waals surface area contributed by atoms with Gasteiger partial charge >= 0.3 is 0 Å². The Hall–Kier alpha value is -1.15. The Bertz CT molecular complexity index is 250. The first-order valence-corrected chi connectivity index (χ1v) is 5.90. The Balaban J connectivity index is 2.81. The molecule has 1 aliphatic rings. The van der Waals surface area contributed by atoms with Crippen LogP contribution in [0, 0.1) is 0 Å². The van der Waals surface area contributed by atoms with Crippen LogP contribution in [-0.2, 0) is 4.79 Å². The average Bonchev–Trinajstić information content (AvgIpc) is 2.15. The Morgan fingerprint density at radius 3 is 1.75 bits per heavy atom. The molecule has 2 heteroatoms. The lowest BCUT2D eigenvalue weighted by atomic mass is 10.4. The summed E-state index contributed by atoms with van der Waals surface area (Å²) >= 11 is 0. The minimum atomic E-state index is -1.40. The molecule has 0 aromatic carbocycles. The molecule has 1 aliphatic heterocycles. The normalized spacial score (nSPS) is 21.6. The van der Waals surface area contributed by atoms with Gasteiger partial charge in [-0.3, -0.25) is 0 Å². The lowest BCUT2D eigenvalue weighted by molar-refractivity contribution is -0.110. The van der Waals surface area contributed by atoms with Gasteiger partial charge in [-0.15, -0.1) is 0 Å². The van der Waals surface area contributed by atoms with E-state index in [4.69, 9.17) is 0 Å². The molecule has 12 heavy (non-hydrogen) atoms. The van der Waals surface area contributed by atoms with Crippen LogP contribution in [0.25, 0.3) is 0 Å². The second-order valence-corrected chi connectivity index (χ2v) is 5.31. The summed E-state index contributed by atoms with van der Waals surface area (Å²) in [6.07, 6.45) is 11.7. The Morgan fingerprint density at radius 2 is 1.33 bits per heavy atom. The van der Waals surface area contributed by atoms with Crippen molar-refractivity contribution in [2.45, 2.75) is 6.92 Å². The second kappa shape index (κ2) is 4.67. The zero-order valence-corrected chi connectivity index (χ0v) is 8.26. The molecule has 0 aromatic rings. The molecular weight excluding hydrogens is 164 g/mol. The van der Waals surface area contributed by atoms with E-state index in [0.29, 0.717) is 5.41 Å². The van der Waals surface area contributed by atoms with Crippen molar-refractivity contribution >= 4 is 14.2 Å². The predicted molar refractivity (Wildman–Crippen MR) is 54.4 cm³/mol. The Kier molecular flexibility index (Phi) is 3.48. The molecule has 0 unspecified atom stereocenters. The van der Waals surface area contributed by atoms with Gasteiger partial charge in [0.15, 0.2) is 8.80 Å². The van der Waals surface area contributed by atoms with Crippen molar-refractivity contribution < 1.29 is 4.79 Å². The smallest absolute Gasteiger partial charge is 0.163 e. The van der Waals surface area contributed by atoms with Crippen LogP contribution in [0.2, 0.25) is 0 Å². The number of rotatable bonds is 1. The molecule has 0 N–H and O–H groups in total. The first-order chi connectivity index (χ1) is 5.80. The fourth-order valence-corrected chi connectivity index (χ4v) is 2.37. The van der Waals surface area contributed by atoms with Crippen molar-refractivity contribution in [3.8, 4) is 0 Å². The topological polar surface area (TPSA) is 17.1 Å². The maximum Gasteiger partial charge on any atom is 0.163 e. The van der Waals surface area contributed by atoms with Crippen molar-refractivity contribution in [3.63, 3.8) is 0 Å².